The lowest BCUT2D eigenvalue weighted by Gasteiger charge is -2.19. The Morgan fingerprint density at radius 2 is 2.06 bits per heavy atom. The number of nitrogens with one attached hydrogen (secondary N) is 1. The summed E-state index contributed by atoms with van der Waals surface area (Å²) in [6.07, 6.45) is 0. The highest BCUT2D eigenvalue weighted by Crippen LogP contribution is 2.17. The molecule has 1 aromatic rings. The lowest BCUT2D eigenvalue weighted by Crippen LogP contribution is -2.41. The van der Waals surface area contributed by atoms with Crippen molar-refractivity contribution in [3.05, 3.63) is 39.9 Å². The van der Waals surface area contributed by atoms with Crippen molar-refractivity contribution < 1.29 is 14.8 Å². The number of carbonyl (C=O) groups is 1. The molecular weight excluding hydrogens is 236 g/mol. The van der Waals surface area contributed by atoms with Gasteiger partial charge in [-0.3, -0.25) is 14.9 Å². The first-order chi connectivity index (χ1) is 8.47. The number of hydrogen-bond donors (Lipinski definition) is 2. The number of rotatable bonds is 5. The summed E-state index contributed by atoms with van der Waals surface area (Å²) in [6.45, 7) is 3.49. The molecule has 0 aliphatic heterocycles. The Hall–Kier alpha value is -1.95. The standard InChI is InChI=1S/C12H16N2O4/c1-8(2)10(7-15)13-12(16)9-5-3-4-6-11(9)14(17)18/h3-6,8,10,15H,7H2,1-2H3,(H,13,16). The van der Waals surface area contributed by atoms with Gasteiger partial charge in [-0.25, -0.2) is 0 Å². The summed E-state index contributed by atoms with van der Waals surface area (Å²) in [6, 6.07) is 5.31. The molecule has 0 aliphatic rings. The predicted molar refractivity (Wildman–Crippen MR) is 66.3 cm³/mol. The first-order valence-electron chi connectivity index (χ1n) is 5.62. The maximum atomic E-state index is 11.9. The zero-order valence-electron chi connectivity index (χ0n) is 10.3. The molecule has 6 heteroatoms. The van der Waals surface area contributed by atoms with Gasteiger partial charge in [0.25, 0.3) is 11.6 Å². The Labute approximate surface area is 105 Å². The number of nitro benzene ring substituents is 1. The van der Waals surface area contributed by atoms with Gasteiger partial charge in [0.1, 0.15) is 5.56 Å². The summed E-state index contributed by atoms with van der Waals surface area (Å²) in [5.74, 6) is -0.503. The summed E-state index contributed by atoms with van der Waals surface area (Å²) in [5, 5.41) is 22.5. The van der Waals surface area contributed by atoms with Gasteiger partial charge in [-0.05, 0) is 12.0 Å². The Kier molecular flexibility index (Phi) is 4.79. The Bertz CT molecular complexity index is 445. The van der Waals surface area contributed by atoms with Crippen LogP contribution in [0.5, 0.6) is 0 Å². The van der Waals surface area contributed by atoms with Crippen LogP contribution in [0.2, 0.25) is 0 Å². The van der Waals surface area contributed by atoms with Crippen LogP contribution in [0, 0.1) is 16.0 Å². The van der Waals surface area contributed by atoms with Crippen molar-refractivity contribution in [1.29, 1.82) is 0 Å². The van der Waals surface area contributed by atoms with Crippen LogP contribution in [-0.4, -0.2) is 28.6 Å². The topological polar surface area (TPSA) is 92.5 Å². The number of aliphatic hydroxyl groups is 1. The molecule has 0 radical (unpaired) electrons. The SMILES string of the molecule is CC(C)C(CO)NC(=O)c1ccccc1[N+](=O)[O-]. The van der Waals surface area contributed by atoms with Crippen molar-refractivity contribution in [2.45, 2.75) is 19.9 Å². The van der Waals surface area contributed by atoms with Crippen molar-refractivity contribution in [2.75, 3.05) is 6.61 Å². The van der Waals surface area contributed by atoms with Crippen LogP contribution >= 0.6 is 0 Å². The normalized spacial score (nSPS) is 12.2. The third-order valence-electron chi connectivity index (χ3n) is 2.66. The quantitative estimate of drug-likeness (QED) is 0.611. The number of carbonyl (C=O) groups excluding carboxylic acids is 1. The van der Waals surface area contributed by atoms with Gasteiger partial charge in [0.05, 0.1) is 17.6 Å². The summed E-state index contributed by atoms with van der Waals surface area (Å²) in [7, 11) is 0. The van der Waals surface area contributed by atoms with Crippen LogP contribution in [-0.2, 0) is 0 Å². The molecule has 18 heavy (non-hydrogen) atoms. The fourth-order valence-electron chi connectivity index (χ4n) is 1.49. The van der Waals surface area contributed by atoms with Crippen molar-refractivity contribution in [1.82, 2.24) is 5.32 Å². The number of nitro groups is 1. The fraction of sp³-hybridized carbons (Fsp3) is 0.417. The average Bonchev–Trinajstić information content (AvgIpc) is 2.35. The fourth-order valence-corrected chi connectivity index (χ4v) is 1.49. The molecule has 0 spiro atoms. The van der Waals surface area contributed by atoms with Gasteiger partial charge in [-0.15, -0.1) is 0 Å². The second-order valence-electron chi connectivity index (χ2n) is 4.28. The highest BCUT2D eigenvalue weighted by molar-refractivity contribution is 5.98. The number of amides is 1. The molecule has 0 aromatic heterocycles. The van der Waals surface area contributed by atoms with E-state index in [-0.39, 0.29) is 23.8 Å². The number of para-hydroxylation sites is 1. The van der Waals surface area contributed by atoms with E-state index in [0.717, 1.165) is 0 Å². The molecule has 0 fully saturated rings. The zero-order chi connectivity index (χ0) is 13.7. The highest BCUT2D eigenvalue weighted by Gasteiger charge is 2.22. The van der Waals surface area contributed by atoms with E-state index < -0.39 is 16.9 Å². The van der Waals surface area contributed by atoms with Crippen molar-refractivity contribution in [3.8, 4) is 0 Å². The van der Waals surface area contributed by atoms with Crippen molar-refractivity contribution in [3.63, 3.8) is 0 Å². The summed E-state index contributed by atoms with van der Waals surface area (Å²) in [4.78, 5) is 22.1. The minimum absolute atomic E-state index is 0.00148. The molecule has 0 heterocycles. The van der Waals surface area contributed by atoms with E-state index in [9.17, 15) is 14.9 Å². The molecule has 1 amide bonds. The second-order valence-corrected chi connectivity index (χ2v) is 4.28. The predicted octanol–water partition coefficient (Wildman–Crippen LogP) is 1.34. The Morgan fingerprint density at radius 1 is 1.44 bits per heavy atom. The molecule has 0 aliphatic carbocycles. The first kappa shape index (κ1) is 14.1. The van der Waals surface area contributed by atoms with E-state index in [4.69, 9.17) is 5.11 Å². The molecule has 0 saturated heterocycles. The van der Waals surface area contributed by atoms with Gasteiger partial charge < -0.3 is 10.4 Å². The van der Waals surface area contributed by atoms with Crippen LogP contribution in [0.1, 0.15) is 24.2 Å². The molecule has 1 rings (SSSR count). The van der Waals surface area contributed by atoms with E-state index in [2.05, 4.69) is 5.32 Å². The Morgan fingerprint density at radius 3 is 2.56 bits per heavy atom. The van der Waals surface area contributed by atoms with Gasteiger partial charge in [-0.2, -0.15) is 0 Å². The van der Waals surface area contributed by atoms with E-state index in [0.29, 0.717) is 0 Å². The molecule has 1 atom stereocenters. The highest BCUT2D eigenvalue weighted by atomic mass is 16.6. The van der Waals surface area contributed by atoms with E-state index >= 15 is 0 Å². The van der Waals surface area contributed by atoms with Crippen LogP contribution in [0.4, 0.5) is 5.69 Å². The van der Waals surface area contributed by atoms with Gasteiger partial charge in [0, 0.05) is 6.07 Å². The van der Waals surface area contributed by atoms with Gasteiger partial charge in [-0.1, -0.05) is 26.0 Å². The van der Waals surface area contributed by atoms with Gasteiger partial charge in [0.15, 0.2) is 0 Å². The third kappa shape index (κ3) is 3.27. The monoisotopic (exact) mass is 252 g/mol. The second kappa shape index (κ2) is 6.11. The molecule has 2 N–H and O–H groups in total. The minimum atomic E-state index is -0.599. The average molecular weight is 252 g/mol. The zero-order valence-corrected chi connectivity index (χ0v) is 10.3. The van der Waals surface area contributed by atoms with Crippen LogP contribution in [0.3, 0.4) is 0 Å². The van der Waals surface area contributed by atoms with Crippen LogP contribution < -0.4 is 5.32 Å². The smallest absolute Gasteiger partial charge is 0.282 e. The first-order valence-corrected chi connectivity index (χ1v) is 5.62. The summed E-state index contributed by atoms with van der Waals surface area (Å²) >= 11 is 0. The van der Waals surface area contributed by atoms with E-state index in [1.807, 2.05) is 13.8 Å². The van der Waals surface area contributed by atoms with E-state index in [1.54, 1.807) is 6.07 Å². The summed E-state index contributed by atoms with van der Waals surface area (Å²) in [5.41, 5.74) is -0.239. The third-order valence-corrected chi connectivity index (χ3v) is 2.66. The molecule has 6 nitrogen and oxygen atoms in total. The summed E-state index contributed by atoms with van der Waals surface area (Å²) < 4.78 is 0. The van der Waals surface area contributed by atoms with E-state index in [1.165, 1.54) is 18.2 Å². The molecule has 1 aromatic carbocycles. The lowest BCUT2D eigenvalue weighted by molar-refractivity contribution is -0.385. The molecule has 1 unspecified atom stereocenters. The number of benzene rings is 1. The molecule has 0 saturated carbocycles. The molecule has 0 bridgehead atoms. The Balaban J connectivity index is 2.94. The number of hydrogen-bond acceptors (Lipinski definition) is 4. The lowest BCUT2D eigenvalue weighted by atomic mass is 10.0. The minimum Gasteiger partial charge on any atom is -0.394 e. The van der Waals surface area contributed by atoms with Gasteiger partial charge >= 0.3 is 0 Å². The maximum Gasteiger partial charge on any atom is 0.282 e. The van der Waals surface area contributed by atoms with Crippen LogP contribution in [0.15, 0.2) is 24.3 Å². The number of aliphatic hydroxyl groups excluding tert-OH is 1. The van der Waals surface area contributed by atoms with Gasteiger partial charge in [0.2, 0.25) is 0 Å². The maximum absolute atomic E-state index is 11.9. The number of nitrogens with zero attached hydrogens (tertiary/aromatic N) is 1. The van der Waals surface area contributed by atoms with Crippen LogP contribution in [0.25, 0.3) is 0 Å². The van der Waals surface area contributed by atoms with Crippen molar-refractivity contribution in [2.24, 2.45) is 5.92 Å². The van der Waals surface area contributed by atoms with Crippen molar-refractivity contribution >= 4 is 11.6 Å². The molecule has 98 valence electrons. The largest absolute Gasteiger partial charge is 0.394 e. The molecular formula is C12H16N2O4.